The monoisotopic (exact) mass is 661 g/mol. The molecule has 3 rings (SSSR count). The van der Waals surface area contributed by atoms with Crippen LogP contribution in [-0.2, 0) is 18.9 Å². The Morgan fingerprint density at radius 2 is 1.28 bits per heavy atom. The summed E-state index contributed by atoms with van der Waals surface area (Å²) in [6.07, 6.45) is 0.255. The normalized spacial score (nSPS) is 16.4. The van der Waals surface area contributed by atoms with Crippen molar-refractivity contribution < 1.29 is 42.2 Å². The van der Waals surface area contributed by atoms with Crippen molar-refractivity contribution in [1.82, 2.24) is 15.5 Å². The van der Waals surface area contributed by atoms with Gasteiger partial charge in [0.25, 0.3) is 0 Å². The largest absolute Gasteiger partial charge is 0.497 e. The SMILES string of the molecule is COc1ccc(OP(=O)(Oc2ccc(OC)cc2)C(NC(=O)[C@@H]2CCCN2C(=O)[C@@H](NC(=O)OC(C)(C)C)C(C)C)C(C)C)cc1. The summed E-state index contributed by atoms with van der Waals surface area (Å²) in [5.41, 5.74) is -0.744. The van der Waals surface area contributed by atoms with Crippen LogP contribution in [0.4, 0.5) is 4.79 Å². The zero-order valence-corrected chi connectivity index (χ0v) is 29.1. The molecule has 0 saturated carbocycles. The highest BCUT2D eigenvalue weighted by atomic mass is 31.2. The molecule has 1 aliphatic rings. The second-order valence-electron chi connectivity index (χ2n) is 12.8. The maximum absolute atomic E-state index is 14.7. The Balaban J connectivity index is 1.89. The number of benzene rings is 2. The predicted molar refractivity (Wildman–Crippen MR) is 174 cm³/mol. The molecule has 1 aliphatic heterocycles. The molecule has 13 heteroatoms. The minimum absolute atomic E-state index is 0.253. The third kappa shape index (κ3) is 9.79. The molecule has 0 aliphatic carbocycles. The topological polar surface area (TPSA) is 142 Å². The number of nitrogens with one attached hydrogen (secondary N) is 2. The maximum atomic E-state index is 14.7. The Hall–Kier alpha value is -3.92. The Kier molecular flexibility index (Phi) is 12.4. The number of carbonyl (C=O) groups is 3. The number of likely N-dealkylation sites (tertiary alicyclic amines) is 1. The van der Waals surface area contributed by atoms with Gasteiger partial charge >= 0.3 is 13.7 Å². The van der Waals surface area contributed by atoms with Crippen molar-refractivity contribution in [2.24, 2.45) is 11.8 Å². The van der Waals surface area contributed by atoms with Gasteiger partial charge in [-0.15, -0.1) is 0 Å². The lowest BCUT2D eigenvalue weighted by Crippen LogP contribution is -2.56. The van der Waals surface area contributed by atoms with Crippen LogP contribution in [0, 0.1) is 11.8 Å². The first-order valence-electron chi connectivity index (χ1n) is 15.4. The summed E-state index contributed by atoms with van der Waals surface area (Å²) >= 11 is 0. The molecule has 0 spiro atoms. The molecule has 3 atom stereocenters. The number of carbonyl (C=O) groups excluding carboxylic acids is 3. The van der Waals surface area contributed by atoms with Gasteiger partial charge in [0.1, 0.15) is 40.7 Å². The van der Waals surface area contributed by atoms with Crippen LogP contribution in [0.1, 0.15) is 61.3 Å². The van der Waals surface area contributed by atoms with Gasteiger partial charge < -0.3 is 38.8 Å². The van der Waals surface area contributed by atoms with Gasteiger partial charge in [0.2, 0.25) is 11.8 Å². The summed E-state index contributed by atoms with van der Waals surface area (Å²) in [5, 5.41) is 5.58. The van der Waals surface area contributed by atoms with Gasteiger partial charge in [-0.3, -0.25) is 9.59 Å². The summed E-state index contributed by atoms with van der Waals surface area (Å²) in [6, 6.07) is 11.3. The van der Waals surface area contributed by atoms with Crippen molar-refractivity contribution in [3.05, 3.63) is 48.5 Å². The lowest BCUT2D eigenvalue weighted by Gasteiger charge is -2.34. The molecular formula is C33H48N3O9P. The van der Waals surface area contributed by atoms with Crippen molar-refractivity contribution in [3.8, 4) is 23.0 Å². The van der Waals surface area contributed by atoms with E-state index in [0.29, 0.717) is 30.9 Å². The zero-order chi connectivity index (χ0) is 34.2. The van der Waals surface area contributed by atoms with Gasteiger partial charge in [-0.25, -0.2) is 9.36 Å². The summed E-state index contributed by atoms with van der Waals surface area (Å²) in [6.45, 7) is 12.7. The molecule has 1 saturated heterocycles. The Labute approximate surface area is 272 Å². The fourth-order valence-electron chi connectivity index (χ4n) is 4.98. The molecule has 1 unspecified atom stereocenters. The average molecular weight is 662 g/mol. The molecule has 0 radical (unpaired) electrons. The minimum atomic E-state index is -4.18. The quantitative estimate of drug-likeness (QED) is 0.248. The fourth-order valence-corrected chi connectivity index (χ4v) is 7.09. The molecule has 1 heterocycles. The number of nitrogens with zero attached hydrogens (tertiary/aromatic N) is 1. The standard InChI is InChI=1S/C33H48N3O9P/c1-21(2)28(34-32(39)43-33(5,6)7)31(38)36-20-10-11-27(36)29(37)35-30(22(3)4)46(40,44-25-16-12-23(41-8)13-17-25)45-26-18-14-24(42-9)15-19-26/h12-19,21-22,27-28,30H,10-11,20H2,1-9H3,(H,34,39)(H,35,37)/t27-,28-,30?/m0/s1. The first-order chi connectivity index (χ1) is 21.6. The molecule has 2 aromatic rings. The van der Waals surface area contributed by atoms with Crippen molar-refractivity contribution >= 4 is 25.5 Å². The number of amides is 3. The number of hydrogen-bond donors (Lipinski definition) is 2. The van der Waals surface area contributed by atoms with Crippen LogP contribution in [-0.4, -0.2) is 67.0 Å². The molecule has 2 N–H and O–H groups in total. The Morgan fingerprint density at radius 3 is 1.70 bits per heavy atom. The van der Waals surface area contributed by atoms with Crippen LogP contribution in [0.15, 0.2) is 48.5 Å². The smallest absolute Gasteiger partial charge is 0.453 e. The van der Waals surface area contributed by atoms with Gasteiger partial charge in [0.05, 0.1) is 14.2 Å². The van der Waals surface area contributed by atoms with E-state index in [1.165, 1.54) is 19.1 Å². The van der Waals surface area contributed by atoms with E-state index in [4.69, 9.17) is 23.3 Å². The lowest BCUT2D eigenvalue weighted by atomic mass is 10.0. The van der Waals surface area contributed by atoms with E-state index in [1.54, 1.807) is 83.1 Å². The molecule has 2 aromatic carbocycles. The fraction of sp³-hybridized carbons (Fsp3) is 0.545. The van der Waals surface area contributed by atoms with Gasteiger partial charge in [-0.1, -0.05) is 27.7 Å². The number of ether oxygens (including phenoxy) is 3. The summed E-state index contributed by atoms with van der Waals surface area (Å²) in [7, 11) is -1.11. The van der Waals surface area contributed by atoms with E-state index in [2.05, 4.69) is 10.6 Å². The second kappa shape index (κ2) is 15.6. The molecule has 0 bridgehead atoms. The third-order valence-corrected chi connectivity index (χ3v) is 9.63. The second-order valence-corrected chi connectivity index (χ2v) is 14.8. The molecule has 3 amide bonds. The Bertz CT molecular complexity index is 1320. The molecule has 254 valence electrons. The third-order valence-electron chi connectivity index (χ3n) is 7.29. The predicted octanol–water partition coefficient (Wildman–Crippen LogP) is 5.99. The summed E-state index contributed by atoms with van der Waals surface area (Å²) < 4.78 is 42.7. The molecule has 46 heavy (non-hydrogen) atoms. The molecule has 0 aromatic heterocycles. The first-order valence-corrected chi connectivity index (χ1v) is 17.1. The van der Waals surface area contributed by atoms with Crippen LogP contribution in [0.5, 0.6) is 23.0 Å². The lowest BCUT2D eigenvalue weighted by molar-refractivity contribution is -0.141. The van der Waals surface area contributed by atoms with Gasteiger partial charge in [-0.2, -0.15) is 0 Å². The van der Waals surface area contributed by atoms with Crippen LogP contribution < -0.4 is 29.2 Å². The van der Waals surface area contributed by atoms with Gasteiger partial charge in [0, 0.05) is 6.54 Å². The zero-order valence-electron chi connectivity index (χ0n) is 28.2. The van der Waals surface area contributed by atoms with Crippen molar-refractivity contribution in [2.75, 3.05) is 20.8 Å². The van der Waals surface area contributed by atoms with E-state index in [9.17, 15) is 18.9 Å². The molecular weight excluding hydrogens is 613 g/mol. The number of rotatable bonds is 13. The van der Waals surface area contributed by atoms with E-state index in [-0.39, 0.29) is 17.4 Å². The van der Waals surface area contributed by atoms with E-state index >= 15 is 0 Å². The Morgan fingerprint density at radius 1 is 0.804 bits per heavy atom. The number of methoxy groups -OCH3 is 2. The highest BCUT2D eigenvalue weighted by Gasteiger charge is 2.46. The van der Waals surface area contributed by atoms with Crippen molar-refractivity contribution in [3.63, 3.8) is 0 Å². The number of hydrogen-bond acceptors (Lipinski definition) is 9. The average Bonchev–Trinajstić information content (AvgIpc) is 3.48. The van der Waals surface area contributed by atoms with Crippen LogP contribution in [0.25, 0.3) is 0 Å². The highest BCUT2D eigenvalue weighted by molar-refractivity contribution is 7.55. The van der Waals surface area contributed by atoms with E-state index in [0.717, 1.165) is 0 Å². The van der Waals surface area contributed by atoms with Crippen LogP contribution in [0.3, 0.4) is 0 Å². The molecule has 1 fully saturated rings. The van der Waals surface area contributed by atoms with Crippen LogP contribution >= 0.6 is 7.60 Å². The van der Waals surface area contributed by atoms with Crippen molar-refractivity contribution in [1.29, 1.82) is 0 Å². The van der Waals surface area contributed by atoms with Crippen LogP contribution in [0.2, 0.25) is 0 Å². The number of alkyl carbamates (subject to hydrolysis) is 1. The summed E-state index contributed by atoms with van der Waals surface area (Å²) in [4.78, 5) is 41.7. The van der Waals surface area contributed by atoms with E-state index < -0.39 is 54.9 Å². The molecule has 12 nitrogen and oxygen atoms in total. The maximum Gasteiger partial charge on any atom is 0.453 e. The van der Waals surface area contributed by atoms with Gasteiger partial charge in [-0.05, 0) is 94.0 Å². The first kappa shape index (κ1) is 36.5. The minimum Gasteiger partial charge on any atom is -0.497 e. The van der Waals surface area contributed by atoms with E-state index in [1.807, 2.05) is 13.8 Å². The van der Waals surface area contributed by atoms with Crippen molar-refractivity contribution in [2.45, 2.75) is 84.8 Å². The van der Waals surface area contributed by atoms with Gasteiger partial charge in [0.15, 0.2) is 5.78 Å². The highest BCUT2D eigenvalue weighted by Crippen LogP contribution is 2.54. The summed E-state index contributed by atoms with van der Waals surface area (Å²) in [5.74, 6) is -1.00.